The molecule has 0 aliphatic rings. The van der Waals surface area contributed by atoms with Gasteiger partial charge in [-0.25, -0.2) is 0 Å². The molecular weight excluding hydrogens is 356 g/mol. The van der Waals surface area contributed by atoms with E-state index in [2.05, 4.69) is 70.2 Å². The van der Waals surface area contributed by atoms with Crippen molar-refractivity contribution in [3.05, 3.63) is 48.0 Å². The van der Waals surface area contributed by atoms with Gasteiger partial charge in [-0.3, -0.25) is 0 Å². The van der Waals surface area contributed by atoms with E-state index in [0.717, 1.165) is 19.3 Å². The van der Waals surface area contributed by atoms with E-state index >= 15 is 0 Å². The zero-order valence-electron chi connectivity index (χ0n) is 19.2. The summed E-state index contributed by atoms with van der Waals surface area (Å²) in [5.74, 6) is -0.298. The number of fused-ring (bicyclic) bond motifs is 1. The first-order valence-corrected chi connectivity index (χ1v) is 12.0. The van der Waals surface area contributed by atoms with Crippen molar-refractivity contribution in [2.75, 3.05) is 13.2 Å². The molecule has 2 rings (SSSR count). The van der Waals surface area contributed by atoms with Gasteiger partial charge in [-0.05, 0) is 37.5 Å². The van der Waals surface area contributed by atoms with E-state index in [1.54, 1.807) is 0 Å². The van der Waals surface area contributed by atoms with E-state index in [9.17, 15) is 0 Å². The van der Waals surface area contributed by atoms with Crippen LogP contribution in [0.5, 0.6) is 0 Å². The standard InChI is InChI=1S/C27H42O2/c1-5-9-10-11-12-13-20-24(17-6-2)27(28-7-3,29-8-4)26-22-16-19-23-18-14-15-21-25(23)26/h14-16,18-19,21-22,24H,5-13,17,20H2,1-4H3. The topological polar surface area (TPSA) is 18.5 Å². The van der Waals surface area contributed by atoms with Gasteiger partial charge in [-0.15, -0.1) is 0 Å². The van der Waals surface area contributed by atoms with Crippen LogP contribution < -0.4 is 0 Å². The smallest absolute Gasteiger partial charge is 0.198 e. The molecule has 2 heteroatoms. The van der Waals surface area contributed by atoms with Crippen molar-refractivity contribution in [1.82, 2.24) is 0 Å². The number of benzene rings is 2. The van der Waals surface area contributed by atoms with E-state index in [1.807, 2.05) is 0 Å². The molecule has 0 saturated carbocycles. The fraction of sp³-hybridized carbons (Fsp3) is 0.630. The number of hydrogen-bond donors (Lipinski definition) is 0. The van der Waals surface area contributed by atoms with Crippen LogP contribution in [0.15, 0.2) is 42.5 Å². The van der Waals surface area contributed by atoms with Gasteiger partial charge in [-0.2, -0.15) is 0 Å². The van der Waals surface area contributed by atoms with Crippen molar-refractivity contribution in [2.24, 2.45) is 5.92 Å². The molecule has 0 bridgehead atoms. The van der Waals surface area contributed by atoms with Crippen molar-refractivity contribution in [1.29, 1.82) is 0 Å². The largest absolute Gasteiger partial charge is 0.346 e. The summed E-state index contributed by atoms with van der Waals surface area (Å²) >= 11 is 0. The minimum atomic E-state index is -0.663. The summed E-state index contributed by atoms with van der Waals surface area (Å²) in [4.78, 5) is 0. The highest BCUT2D eigenvalue weighted by molar-refractivity contribution is 5.86. The van der Waals surface area contributed by atoms with Crippen LogP contribution in [0.25, 0.3) is 10.8 Å². The molecule has 0 aliphatic carbocycles. The lowest BCUT2D eigenvalue weighted by atomic mass is 9.82. The molecule has 0 saturated heterocycles. The fourth-order valence-electron chi connectivity index (χ4n) is 4.65. The van der Waals surface area contributed by atoms with Gasteiger partial charge in [0, 0.05) is 24.7 Å². The van der Waals surface area contributed by atoms with Crippen LogP contribution in [0.4, 0.5) is 0 Å². The maximum absolute atomic E-state index is 6.55. The molecular formula is C27H42O2. The Bertz CT molecular complexity index is 683. The molecule has 1 unspecified atom stereocenters. The average Bonchev–Trinajstić information content (AvgIpc) is 2.75. The predicted molar refractivity (Wildman–Crippen MR) is 125 cm³/mol. The summed E-state index contributed by atoms with van der Waals surface area (Å²) in [5, 5.41) is 2.50. The Balaban J connectivity index is 2.36. The van der Waals surface area contributed by atoms with Crippen LogP contribution in [0.2, 0.25) is 0 Å². The van der Waals surface area contributed by atoms with Crippen LogP contribution in [0.3, 0.4) is 0 Å². The Hall–Kier alpha value is -1.38. The summed E-state index contributed by atoms with van der Waals surface area (Å²) in [7, 11) is 0. The van der Waals surface area contributed by atoms with Crippen molar-refractivity contribution >= 4 is 10.8 Å². The number of unbranched alkanes of at least 4 members (excludes halogenated alkanes) is 5. The third-order valence-electron chi connectivity index (χ3n) is 5.96. The highest BCUT2D eigenvalue weighted by atomic mass is 16.7. The Morgan fingerprint density at radius 2 is 1.34 bits per heavy atom. The summed E-state index contributed by atoms with van der Waals surface area (Å²) in [5.41, 5.74) is 1.20. The molecule has 1 atom stereocenters. The average molecular weight is 399 g/mol. The lowest BCUT2D eigenvalue weighted by Gasteiger charge is -2.41. The molecule has 0 aromatic heterocycles. The first-order chi connectivity index (χ1) is 14.2. The van der Waals surface area contributed by atoms with Gasteiger partial charge in [0.25, 0.3) is 0 Å². The first kappa shape index (κ1) is 23.9. The molecule has 2 aromatic rings. The second-order valence-corrected chi connectivity index (χ2v) is 8.10. The molecule has 0 amide bonds. The second kappa shape index (κ2) is 13.0. The summed E-state index contributed by atoms with van der Waals surface area (Å²) in [6.07, 6.45) is 11.4. The van der Waals surface area contributed by atoms with Crippen LogP contribution in [0.1, 0.15) is 91.0 Å². The van der Waals surface area contributed by atoms with E-state index in [1.165, 1.54) is 54.9 Å². The number of ether oxygens (including phenoxy) is 2. The SMILES string of the molecule is CCCCCCCCC(CCC)C(OCC)(OCC)c1cccc2ccccc12. The van der Waals surface area contributed by atoms with E-state index < -0.39 is 5.79 Å². The zero-order valence-corrected chi connectivity index (χ0v) is 19.2. The Morgan fingerprint density at radius 3 is 2.03 bits per heavy atom. The maximum atomic E-state index is 6.55. The van der Waals surface area contributed by atoms with Crippen LogP contribution in [-0.4, -0.2) is 13.2 Å². The normalized spacial score (nSPS) is 13.1. The third kappa shape index (κ3) is 6.30. The summed E-state index contributed by atoms with van der Waals surface area (Å²) in [6.45, 7) is 10.0. The lowest BCUT2D eigenvalue weighted by molar-refractivity contribution is -0.276. The first-order valence-electron chi connectivity index (χ1n) is 12.0. The molecule has 162 valence electrons. The monoisotopic (exact) mass is 398 g/mol. The zero-order chi connectivity index (χ0) is 21.0. The Labute approximate surface area is 179 Å². The molecule has 29 heavy (non-hydrogen) atoms. The fourth-order valence-corrected chi connectivity index (χ4v) is 4.65. The van der Waals surface area contributed by atoms with E-state index in [-0.39, 0.29) is 0 Å². The quantitative estimate of drug-likeness (QED) is 0.222. The Kier molecular flexibility index (Phi) is 10.7. The minimum absolute atomic E-state index is 0.365. The van der Waals surface area contributed by atoms with Gasteiger partial charge >= 0.3 is 0 Å². The van der Waals surface area contributed by atoms with E-state index in [4.69, 9.17) is 9.47 Å². The van der Waals surface area contributed by atoms with Crippen molar-refractivity contribution < 1.29 is 9.47 Å². The predicted octanol–water partition coefficient (Wildman–Crippen LogP) is 8.23. The van der Waals surface area contributed by atoms with Crippen molar-refractivity contribution in [2.45, 2.75) is 91.3 Å². The highest BCUT2D eigenvalue weighted by Crippen LogP contribution is 2.43. The molecule has 0 radical (unpaired) electrons. The maximum Gasteiger partial charge on any atom is 0.198 e. The number of rotatable bonds is 15. The molecule has 2 nitrogen and oxygen atoms in total. The van der Waals surface area contributed by atoms with Gasteiger partial charge in [0.05, 0.1) is 0 Å². The van der Waals surface area contributed by atoms with Gasteiger partial charge < -0.3 is 9.47 Å². The molecule has 0 heterocycles. The molecule has 0 spiro atoms. The molecule has 0 N–H and O–H groups in total. The Morgan fingerprint density at radius 1 is 0.690 bits per heavy atom. The summed E-state index contributed by atoms with van der Waals surface area (Å²) in [6, 6.07) is 15.2. The third-order valence-corrected chi connectivity index (χ3v) is 5.96. The van der Waals surface area contributed by atoms with Gasteiger partial charge in [0.2, 0.25) is 0 Å². The van der Waals surface area contributed by atoms with Gasteiger partial charge in [0.15, 0.2) is 5.79 Å². The number of hydrogen-bond acceptors (Lipinski definition) is 2. The van der Waals surface area contributed by atoms with Crippen molar-refractivity contribution in [3.8, 4) is 0 Å². The second-order valence-electron chi connectivity index (χ2n) is 8.10. The minimum Gasteiger partial charge on any atom is -0.346 e. The highest BCUT2D eigenvalue weighted by Gasteiger charge is 2.42. The molecule has 0 fully saturated rings. The van der Waals surface area contributed by atoms with Crippen molar-refractivity contribution in [3.63, 3.8) is 0 Å². The van der Waals surface area contributed by atoms with E-state index in [0.29, 0.717) is 19.1 Å². The van der Waals surface area contributed by atoms with Gasteiger partial charge in [-0.1, -0.05) is 101 Å². The summed E-state index contributed by atoms with van der Waals surface area (Å²) < 4.78 is 13.1. The van der Waals surface area contributed by atoms with Gasteiger partial charge in [0.1, 0.15) is 0 Å². The molecule has 2 aromatic carbocycles. The lowest BCUT2D eigenvalue weighted by Crippen LogP contribution is -2.41. The molecule has 0 aliphatic heterocycles. The van der Waals surface area contributed by atoms with Crippen LogP contribution in [0, 0.1) is 5.92 Å². The van der Waals surface area contributed by atoms with Crippen LogP contribution in [-0.2, 0) is 15.3 Å². The van der Waals surface area contributed by atoms with Crippen LogP contribution >= 0.6 is 0 Å².